The number of urea groups is 1. The second-order valence-corrected chi connectivity index (χ2v) is 9.33. The Morgan fingerprint density at radius 3 is 2.32 bits per heavy atom. The summed E-state index contributed by atoms with van der Waals surface area (Å²) in [7, 11) is 0. The number of nitrogens with zero attached hydrogens (tertiary/aromatic N) is 2. The fourth-order valence-corrected chi connectivity index (χ4v) is 4.21. The van der Waals surface area contributed by atoms with Crippen molar-refractivity contribution in [3.8, 4) is 0 Å². The molecule has 0 aliphatic rings. The van der Waals surface area contributed by atoms with Crippen LogP contribution in [0.25, 0.3) is 0 Å². The topological polar surface area (TPSA) is 52.7 Å². The van der Waals surface area contributed by atoms with Crippen LogP contribution in [0.2, 0.25) is 0 Å². The van der Waals surface area contributed by atoms with Gasteiger partial charge in [0.2, 0.25) is 5.91 Å². The third-order valence-corrected chi connectivity index (χ3v) is 6.35. The van der Waals surface area contributed by atoms with Crippen LogP contribution in [0.5, 0.6) is 0 Å². The average molecular weight is 500 g/mol. The van der Waals surface area contributed by atoms with Crippen LogP contribution in [0.1, 0.15) is 24.3 Å². The number of carbonyl (C=O) groups excluding carboxylic acids is 2. The summed E-state index contributed by atoms with van der Waals surface area (Å²) in [4.78, 5) is 30.8. The Bertz CT molecular complexity index is 993. The zero-order valence-electron chi connectivity index (χ0n) is 17.6. The maximum atomic E-state index is 13.3. The molecular weight excluding hydrogens is 474 g/mol. The smallest absolute Gasteiger partial charge is 0.322 e. The summed E-state index contributed by atoms with van der Waals surface area (Å²) >= 11 is 5.07. The number of para-hydroxylation sites is 1. The van der Waals surface area contributed by atoms with Crippen molar-refractivity contribution in [3.63, 3.8) is 0 Å². The van der Waals surface area contributed by atoms with Gasteiger partial charge in [0, 0.05) is 21.9 Å². The fourth-order valence-electron chi connectivity index (χ4n) is 3.11. The molecule has 31 heavy (non-hydrogen) atoms. The summed E-state index contributed by atoms with van der Waals surface area (Å²) in [6, 6.07) is 20.9. The first kappa shape index (κ1) is 23.0. The molecule has 0 radical (unpaired) electrons. The highest BCUT2D eigenvalue weighted by Gasteiger charge is 2.24. The predicted octanol–water partition coefficient (Wildman–Crippen LogP) is 5.98. The standard InChI is InChI=1S/C24H26BrN3O2S/c1-18(2)28(24(30)26-22-13-7-6-12-21(22)25)17-23(29)27(16-20-11-8-14-31-20)15-19-9-4-3-5-10-19/h3-14,18H,15-17H2,1-2H3,(H,26,30). The Labute approximate surface area is 195 Å². The number of thiophene rings is 1. The number of carbonyl (C=O) groups is 2. The molecule has 1 aromatic heterocycles. The Morgan fingerprint density at radius 2 is 1.68 bits per heavy atom. The Hall–Kier alpha value is -2.64. The van der Waals surface area contributed by atoms with Crippen molar-refractivity contribution >= 4 is 44.9 Å². The van der Waals surface area contributed by atoms with Gasteiger partial charge in [0.05, 0.1) is 12.2 Å². The average Bonchev–Trinajstić information content (AvgIpc) is 3.26. The third kappa shape index (κ3) is 6.67. The second kappa shape index (κ2) is 11.1. The van der Waals surface area contributed by atoms with E-state index in [1.165, 1.54) is 0 Å². The van der Waals surface area contributed by atoms with Crippen LogP contribution in [0.15, 0.2) is 76.6 Å². The van der Waals surface area contributed by atoms with Crippen LogP contribution < -0.4 is 5.32 Å². The van der Waals surface area contributed by atoms with E-state index in [-0.39, 0.29) is 24.5 Å². The van der Waals surface area contributed by atoms with Crippen molar-refractivity contribution in [2.75, 3.05) is 11.9 Å². The van der Waals surface area contributed by atoms with Gasteiger partial charge >= 0.3 is 6.03 Å². The molecule has 3 rings (SSSR count). The van der Waals surface area contributed by atoms with Crippen LogP contribution >= 0.6 is 27.3 Å². The SMILES string of the molecule is CC(C)N(CC(=O)N(Cc1ccccc1)Cc1cccs1)C(=O)Nc1ccccc1Br. The number of hydrogen-bond donors (Lipinski definition) is 1. The molecule has 0 fully saturated rings. The fraction of sp³-hybridized carbons (Fsp3) is 0.250. The molecule has 3 aromatic rings. The predicted molar refractivity (Wildman–Crippen MR) is 130 cm³/mol. The van der Waals surface area contributed by atoms with E-state index in [4.69, 9.17) is 0 Å². The number of anilines is 1. The number of nitrogens with one attached hydrogen (secondary N) is 1. The number of rotatable bonds is 8. The molecule has 7 heteroatoms. The lowest BCUT2D eigenvalue weighted by atomic mass is 10.2. The molecule has 162 valence electrons. The van der Waals surface area contributed by atoms with Crippen LogP contribution in [-0.4, -0.2) is 34.3 Å². The maximum Gasteiger partial charge on any atom is 0.322 e. The zero-order valence-corrected chi connectivity index (χ0v) is 20.0. The molecule has 0 bridgehead atoms. The lowest BCUT2D eigenvalue weighted by molar-refractivity contribution is -0.133. The van der Waals surface area contributed by atoms with Crippen molar-refractivity contribution in [2.45, 2.75) is 33.0 Å². The third-order valence-electron chi connectivity index (χ3n) is 4.80. The van der Waals surface area contributed by atoms with Crippen molar-refractivity contribution in [1.29, 1.82) is 0 Å². The molecule has 0 saturated heterocycles. The minimum absolute atomic E-state index is 0.00611. The Morgan fingerprint density at radius 1 is 0.968 bits per heavy atom. The Kier molecular flexibility index (Phi) is 8.26. The molecule has 0 saturated carbocycles. The van der Waals surface area contributed by atoms with Gasteiger partial charge < -0.3 is 15.1 Å². The molecule has 0 aliphatic heterocycles. The van der Waals surface area contributed by atoms with Gasteiger partial charge in [0.25, 0.3) is 0 Å². The van der Waals surface area contributed by atoms with E-state index in [1.54, 1.807) is 16.2 Å². The molecule has 0 aliphatic carbocycles. The van der Waals surface area contributed by atoms with Crippen LogP contribution in [-0.2, 0) is 17.9 Å². The summed E-state index contributed by atoms with van der Waals surface area (Å²) in [5, 5.41) is 4.91. The highest BCUT2D eigenvalue weighted by molar-refractivity contribution is 9.10. The molecule has 1 N–H and O–H groups in total. The van der Waals surface area contributed by atoms with E-state index < -0.39 is 0 Å². The minimum Gasteiger partial charge on any atom is -0.332 e. The van der Waals surface area contributed by atoms with Crippen molar-refractivity contribution in [3.05, 3.63) is 87.0 Å². The number of hydrogen-bond acceptors (Lipinski definition) is 3. The lowest BCUT2D eigenvalue weighted by Gasteiger charge is -2.30. The molecule has 2 aromatic carbocycles. The summed E-state index contributed by atoms with van der Waals surface area (Å²) < 4.78 is 0.793. The van der Waals surface area contributed by atoms with Gasteiger partial charge in [-0.2, -0.15) is 0 Å². The van der Waals surface area contributed by atoms with Crippen molar-refractivity contribution in [1.82, 2.24) is 9.80 Å². The van der Waals surface area contributed by atoms with Gasteiger partial charge in [-0.25, -0.2) is 4.79 Å². The van der Waals surface area contributed by atoms with Crippen LogP contribution in [0.3, 0.4) is 0 Å². The largest absolute Gasteiger partial charge is 0.332 e. The number of amides is 3. The molecule has 3 amide bonds. The number of halogens is 1. The maximum absolute atomic E-state index is 13.3. The molecule has 0 spiro atoms. The van der Waals surface area contributed by atoms with E-state index in [9.17, 15) is 9.59 Å². The van der Waals surface area contributed by atoms with Gasteiger partial charge in [-0.3, -0.25) is 4.79 Å². The first-order chi connectivity index (χ1) is 14.9. The Balaban J connectivity index is 1.74. The van der Waals surface area contributed by atoms with E-state index in [0.717, 1.165) is 14.9 Å². The minimum atomic E-state index is -0.300. The van der Waals surface area contributed by atoms with Gasteiger partial charge in [0.1, 0.15) is 6.54 Å². The van der Waals surface area contributed by atoms with Gasteiger partial charge in [-0.05, 0) is 58.9 Å². The lowest BCUT2D eigenvalue weighted by Crippen LogP contribution is -2.47. The molecule has 0 atom stereocenters. The first-order valence-electron chi connectivity index (χ1n) is 10.1. The monoisotopic (exact) mass is 499 g/mol. The van der Waals surface area contributed by atoms with Crippen molar-refractivity contribution < 1.29 is 9.59 Å². The second-order valence-electron chi connectivity index (χ2n) is 7.45. The van der Waals surface area contributed by atoms with E-state index in [2.05, 4.69) is 21.2 Å². The van der Waals surface area contributed by atoms with E-state index >= 15 is 0 Å². The van der Waals surface area contributed by atoms with Crippen molar-refractivity contribution in [2.24, 2.45) is 0 Å². The summed E-state index contributed by atoms with van der Waals surface area (Å²) in [6.45, 7) is 4.84. The zero-order chi connectivity index (χ0) is 22.2. The number of benzene rings is 2. The highest BCUT2D eigenvalue weighted by atomic mass is 79.9. The molecular formula is C24H26BrN3O2S. The first-order valence-corrected chi connectivity index (χ1v) is 11.8. The van der Waals surface area contributed by atoms with E-state index in [1.807, 2.05) is 90.9 Å². The highest BCUT2D eigenvalue weighted by Crippen LogP contribution is 2.22. The van der Waals surface area contributed by atoms with E-state index in [0.29, 0.717) is 18.8 Å². The van der Waals surface area contributed by atoms with Crippen LogP contribution in [0, 0.1) is 0 Å². The summed E-state index contributed by atoms with van der Waals surface area (Å²) in [5.74, 6) is -0.0896. The van der Waals surface area contributed by atoms with Gasteiger partial charge in [-0.1, -0.05) is 48.5 Å². The molecule has 5 nitrogen and oxygen atoms in total. The summed E-state index contributed by atoms with van der Waals surface area (Å²) in [5.41, 5.74) is 1.73. The molecule has 0 unspecified atom stereocenters. The summed E-state index contributed by atoms with van der Waals surface area (Å²) in [6.07, 6.45) is 0. The van der Waals surface area contributed by atoms with Gasteiger partial charge in [-0.15, -0.1) is 11.3 Å². The normalized spacial score (nSPS) is 10.7. The quantitative estimate of drug-likeness (QED) is 0.414. The van der Waals surface area contributed by atoms with Crippen LogP contribution in [0.4, 0.5) is 10.5 Å². The van der Waals surface area contributed by atoms with Gasteiger partial charge in [0.15, 0.2) is 0 Å². The molecule has 1 heterocycles.